The average Bonchev–Trinajstić information content (AvgIpc) is 3.29. The van der Waals surface area contributed by atoms with Crippen LogP contribution < -0.4 is 0 Å². The van der Waals surface area contributed by atoms with Crippen molar-refractivity contribution in [2.75, 3.05) is 39.4 Å². The van der Waals surface area contributed by atoms with Crippen LogP contribution in [0.5, 0.6) is 0 Å². The first-order valence-corrected chi connectivity index (χ1v) is 13.6. The molecule has 41 heavy (non-hydrogen) atoms. The second-order valence-electron chi connectivity index (χ2n) is 11.0. The second-order valence-corrected chi connectivity index (χ2v) is 11.0. The summed E-state index contributed by atoms with van der Waals surface area (Å²) >= 11 is 0. The number of nitrogens with zero attached hydrogens (tertiary/aromatic N) is 2. The van der Waals surface area contributed by atoms with Gasteiger partial charge in [0, 0.05) is 37.5 Å². The van der Waals surface area contributed by atoms with Gasteiger partial charge in [0.15, 0.2) is 0 Å². The fraction of sp³-hybridized carbons (Fsp3) is 0.552. The molecule has 3 aliphatic rings. The van der Waals surface area contributed by atoms with Gasteiger partial charge in [0.2, 0.25) is 5.91 Å². The Morgan fingerprint density at radius 1 is 0.951 bits per heavy atom. The van der Waals surface area contributed by atoms with E-state index in [0.717, 1.165) is 5.56 Å². The van der Waals surface area contributed by atoms with Gasteiger partial charge in [-0.05, 0) is 67.8 Å². The van der Waals surface area contributed by atoms with Gasteiger partial charge in [-0.15, -0.1) is 0 Å². The van der Waals surface area contributed by atoms with Gasteiger partial charge in [0.25, 0.3) is 0 Å². The van der Waals surface area contributed by atoms with E-state index in [1.165, 1.54) is 19.1 Å². The predicted octanol–water partition coefficient (Wildman–Crippen LogP) is 6.05. The van der Waals surface area contributed by atoms with Crippen LogP contribution in [-0.4, -0.2) is 67.2 Å². The molecule has 5 atom stereocenters. The van der Waals surface area contributed by atoms with Crippen molar-refractivity contribution in [1.82, 2.24) is 9.80 Å². The first-order valence-electron chi connectivity index (χ1n) is 13.6. The lowest BCUT2D eigenvalue weighted by atomic mass is 9.81. The molecule has 3 aliphatic heterocycles. The normalized spacial score (nSPS) is 26.6. The topological polar surface area (TPSA) is 42.0 Å². The molecule has 2 aromatic rings. The number of benzene rings is 2. The lowest BCUT2D eigenvalue weighted by Gasteiger charge is -2.39. The molecule has 0 aromatic heterocycles. The highest BCUT2D eigenvalue weighted by Gasteiger charge is 2.48. The van der Waals surface area contributed by atoms with Crippen molar-refractivity contribution in [3.8, 4) is 0 Å². The molecule has 3 saturated heterocycles. The van der Waals surface area contributed by atoms with Crippen molar-refractivity contribution in [3.05, 3.63) is 70.5 Å². The first kappa shape index (κ1) is 29.8. The number of alkyl halides is 6. The van der Waals surface area contributed by atoms with Gasteiger partial charge < -0.3 is 14.4 Å². The lowest BCUT2D eigenvalue weighted by Crippen LogP contribution is -2.48. The number of carbonyl (C=O) groups is 1. The summed E-state index contributed by atoms with van der Waals surface area (Å²) < 4.78 is 106. The van der Waals surface area contributed by atoms with Crippen molar-refractivity contribution >= 4 is 5.91 Å². The summed E-state index contributed by atoms with van der Waals surface area (Å²) in [6.45, 7) is 4.38. The minimum Gasteiger partial charge on any atom is -0.378 e. The van der Waals surface area contributed by atoms with Gasteiger partial charge in [0.1, 0.15) is 5.82 Å². The van der Waals surface area contributed by atoms with Gasteiger partial charge >= 0.3 is 12.4 Å². The van der Waals surface area contributed by atoms with Gasteiger partial charge in [-0.1, -0.05) is 12.1 Å². The number of rotatable bonds is 5. The SMILES string of the molecule is C[C@@H](O[C@H]1CN2CCC(C(=O)N3CCOCC3)C[C@H]2C1c1ccc(F)cc1)c1cc(C(F)(F)F)cc(C(F)(F)F)c1. The molecule has 0 spiro atoms. The summed E-state index contributed by atoms with van der Waals surface area (Å²) in [6, 6.07) is 7.14. The molecule has 2 unspecified atom stereocenters. The third kappa shape index (κ3) is 6.54. The highest BCUT2D eigenvalue weighted by molar-refractivity contribution is 5.79. The van der Waals surface area contributed by atoms with Crippen LogP contribution >= 0.6 is 0 Å². The highest BCUT2D eigenvalue weighted by Crippen LogP contribution is 2.44. The number of carbonyl (C=O) groups excluding carboxylic acids is 1. The molecule has 0 radical (unpaired) electrons. The van der Waals surface area contributed by atoms with E-state index in [1.54, 1.807) is 17.0 Å². The van der Waals surface area contributed by atoms with E-state index >= 15 is 0 Å². The summed E-state index contributed by atoms with van der Waals surface area (Å²) in [4.78, 5) is 17.2. The molecule has 3 heterocycles. The molecule has 12 heteroatoms. The maximum Gasteiger partial charge on any atom is 0.416 e. The Hall–Kier alpha value is -2.70. The molecule has 2 aromatic carbocycles. The predicted molar refractivity (Wildman–Crippen MR) is 134 cm³/mol. The van der Waals surface area contributed by atoms with E-state index < -0.39 is 41.5 Å². The molecule has 0 bridgehead atoms. The van der Waals surface area contributed by atoms with E-state index in [-0.39, 0.29) is 35.4 Å². The van der Waals surface area contributed by atoms with Gasteiger partial charge in [0.05, 0.1) is 36.5 Å². The monoisotopic (exact) mass is 588 g/mol. The van der Waals surface area contributed by atoms with Crippen LogP contribution in [0.15, 0.2) is 42.5 Å². The summed E-state index contributed by atoms with van der Waals surface area (Å²) in [6.07, 6.45) is -10.5. The van der Waals surface area contributed by atoms with Crippen molar-refractivity contribution in [3.63, 3.8) is 0 Å². The number of morpholine rings is 1. The lowest BCUT2D eigenvalue weighted by molar-refractivity contribution is -0.143. The highest BCUT2D eigenvalue weighted by atomic mass is 19.4. The van der Waals surface area contributed by atoms with E-state index in [0.29, 0.717) is 64.4 Å². The number of piperidine rings is 1. The summed E-state index contributed by atoms with van der Waals surface area (Å²) in [5.41, 5.74) is -2.31. The first-order chi connectivity index (χ1) is 19.3. The fourth-order valence-electron chi connectivity index (χ4n) is 6.31. The van der Waals surface area contributed by atoms with E-state index in [2.05, 4.69) is 4.90 Å². The van der Waals surface area contributed by atoms with Crippen molar-refractivity contribution in [2.45, 2.75) is 56.3 Å². The Labute approximate surface area is 233 Å². The molecule has 1 amide bonds. The summed E-state index contributed by atoms with van der Waals surface area (Å²) in [5.74, 6) is -1.01. The van der Waals surface area contributed by atoms with E-state index in [1.807, 2.05) is 0 Å². The Kier molecular flexibility index (Phi) is 8.37. The molecule has 0 saturated carbocycles. The fourth-order valence-corrected chi connectivity index (χ4v) is 6.31. The smallest absolute Gasteiger partial charge is 0.378 e. The third-order valence-electron chi connectivity index (χ3n) is 8.37. The quantitative estimate of drug-likeness (QED) is 0.400. The minimum absolute atomic E-state index is 0.0483. The van der Waals surface area contributed by atoms with Crippen LogP contribution in [-0.2, 0) is 26.6 Å². The Morgan fingerprint density at radius 2 is 1.56 bits per heavy atom. The second kappa shape index (κ2) is 11.5. The molecule has 5 rings (SSSR count). The molecule has 3 fully saturated rings. The van der Waals surface area contributed by atoms with Crippen LogP contribution in [0.1, 0.15) is 54.0 Å². The number of amides is 1. The average molecular weight is 589 g/mol. The number of fused-ring (bicyclic) bond motifs is 1. The van der Waals surface area contributed by atoms with Crippen LogP contribution in [0.25, 0.3) is 0 Å². The zero-order chi connectivity index (χ0) is 29.5. The molecular weight excluding hydrogens is 557 g/mol. The molecule has 0 aliphatic carbocycles. The van der Waals surface area contributed by atoms with Gasteiger partial charge in [-0.25, -0.2) is 4.39 Å². The largest absolute Gasteiger partial charge is 0.416 e. The number of hydrogen-bond acceptors (Lipinski definition) is 4. The zero-order valence-electron chi connectivity index (χ0n) is 22.3. The standard InChI is InChI=1S/C29H31F7N2O3/c1-17(20-12-21(28(31,32)33)15-22(13-20)29(34,35)36)41-25-16-38-7-6-19(27(39)37-8-10-40-11-9-37)14-24(38)26(25)18-2-4-23(30)5-3-18/h2-5,12-13,15,17,19,24-26H,6-11,14,16H2,1H3/t17-,19?,24+,25+,26?/m1/s1. The van der Waals surface area contributed by atoms with Crippen LogP contribution in [0, 0.1) is 11.7 Å². The Balaban J connectivity index is 1.42. The van der Waals surface area contributed by atoms with E-state index in [4.69, 9.17) is 9.47 Å². The summed E-state index contributed by atoms with van der Waals surface area (Å²) in [7, 11) is 0. The number of ether oxygens (including phenoxy) is 2. The number of halogens is 7. The summed E-state index contributed by atoms with van der Waals surface area (Å²) in [5, 5.41) is 0. The molecule has 5 nitrogen and oxygen atoms in total. The Morgan fingerprint density at radius 3 is 2.15 bits per heavy atom. The number of hydrogen-bond donors (Lipinski definition) is 0. The minimum atomic E-state index is -4.97. The maximum atomic E-state index is 13.8. The van der Waals surface area contributed by atoms with Crippen molar-refractivity contribution in [1.29, 1.82) is 0 Å². The van der Waals surface area contributed by atoms with Crippen LogP contribution in [0.4, 0.5) is 30.7 Å². The van der Waals surface area contributed by atoms with Gasteiger partial charge in [-0.3, -0.25) is 9.69 Å². The third-order valence-corrected chi connectivity index (χ3v) is 8.37. The van der Waals surface area contributed by atoms with E-state index in [9.17, 15) is 35.5 Å². The maximum absolute atomic E-state index is 13.8. The Bertz CT molecular complexity index is 1200. The molecule has 224 valence electrons. The van der Waals surface area contributed by atoms with Crippen LogP contribution in [0.3, 0.4) is 0 Å². The zero-order valence-corrected chi connectivity index (χ0v) is 22.3. The molecular formula is C29H31F7N2O3. The van der Waals surface area contributed by atoms with Crippen molar-refractivity contribution in [2.24, 2.45) is 5.92 Å². The van der Waals surface area contributed by atoms with Crippen molar-refractivity contribution < 1.29 is 45.0 Å². The molecule has 0 N–H and O–H groups in total. The van der Waals surface area contributed by atoms with Gasteiger partial charge in [-0.2, -0.15) is 26.3 Å². The van der Waals surface area contributed by atoms with Crippen LogP contribution in [0.2, 0.25) is 0 Å².